The topological polar surface area (TPSA) is 88.2 Å². The van der Waals surface area contributed by atoms with Crippen LogP contribution in [0.15, 0.2) is 42.9 Å². The van der Waals surface area contributed by atoms with E-state index in [-0.39, 0.29) is 18.1 Å². The van der Waals surface area contributed by atoms with Crippen LogP contribution in [-0.4, -0.2) is 29.2 Å². The molecule has 1 aromatic carbocycles. The van der Waals surface area contributed by atoms with Crippen LogP contribution in [0.1, 0.15) is 28.5 Å². The normalized spacial score (nSPS) is 20.6. The van der Waals surface area contributed by atoms with Gasteiger partial charge in [-0.3, -0.25) is 9.78 Å². The molecule has 114 valence electrons. The van der Waals surface area contributed by atoms with Crippen LogP contribution in [-0.2, 0) is 0 Å². The Labute approximate surface area is 128 Å². The number of methoxy groups -OCH3 is 1. The highest BCUT2D eigenvalue weighted by Crippen LogP contribution is 2.29. The fourth-order valence-electron chi connectivity index (χ4n) is 2.46. The molecule has 2 heterocycles. The quantitative estimate of drug-likeness (QED) is 0.773. The van der Waals surface area contributed by atoms with Gasteiger partial charge in [0.2, 0.25) is 0 Å². The first-order chi connectivity index (χ1) is 10.8. The average Bonchev–Trinajstić information content (AvgIpc) is 3.04. The van der Waals surface area contributed by atoms with E-state index in [1.807, 2.05) is 24.3 Å². The molecule has 0 saturated carbocycles. The molecular formula is C15H17N5O2. The standard InChI is InChI=1S/C15H17N5O2/c1-22-13-5-3-2-4-10(13)11-8-14(20-19-11)18-15(21)12-9-16-6-7-17-12/h2-7,9,11,14,19-20H,8H2,1H3,(H,18,21). The molecule has 0 spiro atoms. The molecule has 2 aromatic rings. The van der Waals surface area contributed by atoms with E-state index in [0.29, 0.717) is 12.1 Å². The van der Waals surface area contributed by atoms with E-state index < -0.39 is 0 Å². The van der Waals surface area contributed by atoms with Crippen LogP contribution in [0, 0.1) is 0 Å². The van der Waals surface area contributed by atoms with Crippen molar-refractivity contribution in [2.75, 3.05) is 7.11 Å². The fraction of sp³-hybridized carbons (Fsp3) is 0.267. The van der Waals surface area contributed by atoms with Gasteiger partial charge in [0, 0.05) is 24.4 Å². The molecule has 1 aliphatic heterocycles. The molecule has 7 heteroatoms. The monoisotopic (exact) mass is 299 g/mol. The summed E-state index contributed by atoms with van der Waals surface area (Å²) in [6.07, 6.45) is 4.97. The smallest absolute Gasteiger partial charge is 0.272 e. The summed E-state index contributed by atoms with van der Waals surface area (Å²) in [6.45, 7) is 0. The van der Waals surface area contributed by atoms with Crippen molar-refractivity contribution in [3.05, 3.63) is 54.1 Å². The van der Waals surface area contributed by atoms with Gasteiger partial charge in [0.05, 0.1) is 25.5 Å². The molecule has 2 unspecified atom stereocenters. The Hall–Kier alpha value is -2.51. The number of para-hydroxylation sites is 1. The minimum Gasteiger partial charge on any atom is -0.496 e. The number of hydrogen-bond donors (Lipinski definition) is 3. The molecule has 22 heavy (non-hydrogen) atoms. The third-order valence-electron chi connectivity index (χ3n) is 3.52. The lowest BCUT2D eigenvalue weighted by atomic mass is 10.0. The largest absolute Gasteiger partial charge is 0.496 e. The Morgan fingerprint density at radius 2 is 2.18 bits per heavy atom. The number of hydrogen-bond acceptors (Lipinski definition) is 6. The Balaban J connectivity index is 1.64. The Morgan fingerprint density at radius 1 is 1.32 bits per heavy atom. The summed E-state index contributed by atoms with van der Waals surface area (Å²) in [5.41, 5.74) is 7.59. The second kappa shape index (κ2) is 6.50. The number of carbonyl (C=O) groups excluding carboxylic acids is 1. The molecule has 1 fully saturated rings. The highest BCUT2D eigenvalue weighted by atomic mass is 16.5. The molecule has 7 nitrogen and oxygen atoms in total. The first-order valence-electron chi connectivity index (χ1n) is 6.99. The van der Waals surface area contributed by atoms with E-state index in [1.165, 1.54) is 18.6 Å². The number of aromatic nitrogens is 2. The molecule has 1 aliphatic rings. The van der Waals surface area contributed by atoms with Crippen molar-refractivity contribution in [2.24, 2.45) is 0 Å². The summed E-state index contributed by atoms with van der Waals surface area (Å²) >= 11 is 0. The minimum atomic E-state index is -0.256. The van der Waals surface area contributed by atoms with Crippen LogP contribution in [0.3, 0.4) is 0 Å². The van der Waals surface area contributed by atoms with E-state index in [4.69, 9.17) is 4.74 Å². The molecule has 3 rings (SSSR count). The van der Waals surface area contributed by atoms with Crippen molar-refractivity contribution in [3.63, 3.8) is 0 Å². The maximum absolute atomic E-state index is 12.1. The zero-order valence-electron chi connectivity index (χ0n) is 12.1. The number of rotatable bonds is 4. The predicted octanol–water partition coefficient (Wildman–Crippen LogP) is 0.780. The first kappa shape index (κ1) is 14.4. The van der Waals surface area contributed by atoms with Gasteiger partial charge in [0.25, 0.3) is 5.91 Å². The number of nitrogens with zero attached hydrogens (tertiary/aromatic N) is 2. The van der Waals surface area contributed by atoms with Crippen molar-refractivity contribution in [1.29, 1.82) is 0 Å². The maximum Gasteiger partial charge on any atom is 0.272 e. The molecule has 1 saturated heterocycles. The van der Waals surface area contributed by atoms with Gasteiger partial charge in [0.15, 0.2) is 0 Å². The molecule has 2 atom stereocenters. The third kappa shape index (κ3) is 3.05. The van der Waals surface area contributed by atoms with Crippen LogP contribution < -0.4 is 20.9 Å². The molecule has 1 amide bonds. The van der Waals surface area contributed by atoms with Crippen molar-refractivity contribution in [2.45, 2.75) is 18.6 Å². The number of nitrogens with one attached hydrogen (secondary N) is 3. The number of carbonyl (C=O) groups is 1. The van der Waals surface area contributed by atoms with E-state index >= 15 is 0 Å². The molecule has 3 N–H and O–H groups in total. The molecular weight excluding hydrogens is 282 g/mol. The second-order valence-electron chi connectivity index (χ2n) is 4.94. The number of ether oxygens (including phenoxy) is 1. The van der Waals surface area contributed by atoms with E-state index in [2.05, 4.69) is 26.1 Å². The van der Waals surface area contributed by atoms with Gasteiger partial charge in [-0.15, -0.1) is 0 Å². The van der Waals surface area contributed by atoms with Gasteiger partial charge in [-0.05, 0) is 6.07 Å². The van der Waals surface area contributed by atoms with E-state index in [0.717, 1.165) is 11.3 Å². The van der Waals surface area contributed by atoms with Crippen LogP contribution in [0.2, 0.25) is 0 Å². The molecule has 0 bridgehead atoms. The van der Waals surface area contributed by atoms with Gasteiger partial charge in [-0.2, -0.15) is 0 Å². The Kier molecular flexibility index (Phi) is 4.27. The summed E-state index contributed by atoms with van der Waals surface area (Å²) in [7, 11) is 1.65. The first-order valence-corrected chi connectivity index (χ1v) is 6.99. The SMILES string of the molecule is COc1ccccc1C1CC(NC(=O)c2cnccn2)NN1. The third-order valence-corrected chi connectivity index (χ3v) is 3.52. The van der Waals surface area contributed by atoms with Crippen molar-refractivity contribution < 1.29 is 9.53 Å². The number of amides is 1. The summed E-state index contributed by atoms with van der Waals surface area (Å²) < 4.78 is 5.37. The van der Waals surface area contributed by atoms with Crippen LogP contribution in [0.25, 0.3) is 0 Å². The molecule has 1 aromatic heterocycles. The van der Waals surface area contributed by atoms with Gasteiger partial charge in [-0.25, -0.2) is 15.8 Å². The van der Waals surface area contributed by atoms with Gasteiger partial charge in [-0.1, -0.05) is 18.2 Å². The van der Waals surface area contributed by atoms with Crippen molar-refractivity contribution >= 4 is 5.91 Å². The Bertz CT molecular complexity index is 649. The highest BCUT2D eigenvalue weighted by molar-refractivity contribution is 5.92. The van der Waals surface area contributed by atoms with Crippen LogP contribution >= 0.6 is 0 Å². The number of hydrazine groups is 1. The Morgan fingerprint density at radius 3 is 2.95 bits per heavy atom. The fourth-order valence-corrected chi connectivity index (χ4v) is 2.46. The van der Waals surface area contributed by atoms with Crippen molar-refractivity contribution in [3.8, 4) is 5.75 Å². The van der Waals surface area contributed by atoms with Gasteiger partial charge >= 0.3 is 0 Å². The minimum absolute atomic E-state index is 0.0586. The van der Waals surface area contributed by atoms with Crippen LogP contribution in [0.5, 0.6) is 5.75 Å². The lowest BCUT2D eigenvalue weighted by Crippen LogP contribution is -2.44. The van der Waals surface area contributed by atoms with Crippen molar-refractivity contribution in [1.82, 2.24) is 26.1 Å². The van der Waals surface area contributed by atoms with Gasteiger partial charge < -0.3 is 10.1 Å². The summed E-state index contributed by atoms with van der Waals surface area (Å²) in [6, 6.07) is 7.87. The van der Waals surface area contributed by atoms with Crippen LogP contribution in [0.4, 0.5) is 0 Å². The van der Waals surface area contributed by atoms with E-state index in [9.17, 15) is 4.79 Å². The summed E-state index contributed by atoms with van der Waals surface area (Å²) in [5.74, 6) is 0.566. The second-order valence-corrected chi connectivity index (χ2v) is 4.94. The molecule has 0 aliphatic carbocycles. The highest BCUT2D eigenvalue weighted by Gasteiger charge is 2.28. The lowest BCUT2D eigenvalue weighted by Gasteiger charge is -2.14. The summed E-state index contributed by atoms with van der Waals surface area (Å²) in [4.78, 5) is 19.9. The number of benzene rings is 1. The van der Waals surface area contributed by atoms with E-state index in [1.54, 1.807) is 7.11 Å². The van der Waals surface area contributed by atoms with Gasteiger partial charge in [0.1, 0.15) is 11.4 Å². The zero-order valence-corrected chi connectivity index (χ0v) is 12.1. The zero-order chi connectivity index (χ0) is 15.4. The molecule has 0 radical (unpaired) electrons. The average molecular weight is 299 g/mol. The maximum atomic E-state index is 12.1. The lowest BCUT2D eigenvalue weighted by molar-refractivity contribution is 0.0927. The predicted molar refractivity (Wildman–Crippen MR) is 79.9 cm³/mol. The summed E-state index contributed by atoms with van der Waals surface area (Å²) in [5, 5.41) is 2.88.